The molecule has 1 saturated carbocycles. The van der Waals surface area contributed by atoms with Gasteiger partial charge in [-0.05, 0) is 62.0 Å². The molecule has 0 saturated heterocycles. The molecule has 1 aromatic carbocycles. The molecule has 2 aliphatic carbocycles. The van der Waals surface area contributed by atoms with E-state index in [0.29, 0.717) is 19.0 Å². The average Bonchev–Trinajstić information content (AvgIpc) is 3.37. The maximum Gasteiger partial charge on any atom is 0.318 e. The lowest BCUT2D eigenvalue weighted by Gasteiger charge is -2.37. The number of aliphatic hydroxyl groups excluding tert-OH is 1. The minimum atomic E-state index is -0.350. The number of carbonyl (C=O) groups excluding carboxylic acids is 1. The molecule has 0 aromatic heterocycles. The van der Waals surface area contributed by atoms with Gasteiger partial charge >= 0.3 is 6.03 Å². The molecular formula is C21H32N2O2. The normalized spacial score (nSPS) is 21.4. The number of fused-ring (bicyclic) bond motifs is 1. The summed E-state index contributed by atoms with van der Waals surface area (Å²) in [5.41, 5.74) is 2.62. The van der Waals surface area contributed by atoms with E-state index in [1.54, 1.807) is 6.92 Å². The molecule has 0 radical (unpaired) electrons. The van der Waals surface area contributed by atoms with Gasteiger partial charge in [0.1, 0.15) is 0 Å². The molecule has 0 aliphatic heterocycles. The van der Waals surface area contributed by atoms with Crippen LogP contribution in [0.5, 0.6) is 0 Å². The van der Waals surface area contributed by atoms with Gasteiger partial charge in [-0.3, -0.25) is 0 Å². The number of nitrogens with zero attached hydrogens (tertiary/aromatic N) is 1. The first-order chi connectivity index (χ1) is 11.9. The van der Waals surface area contributed by atoms with Crippen LogP contribution in [0.2, 0.25) is 0 Å². The zero-order valence-corrected chi connectivity index (χ0v) is 15.8. The minimum absolute atomic E-state index is 0.0582. The third-order valence-electron chi connectivity index (χ3n) is 5.41. The van der Waals surface area contributed by atoms with Crippen LogP contribution in [-0.4, -0.2) is 34.7 Å². The minimum Gasteiger partial charge on any atom is -0.393 e. The number of aryl methyl sites for hydroxylation is 1. The van der Waals surface area contributed by atoms with Crippen molar-refractivity contribution in [3.63, 3.8) is 0 Å². The van der Waals surface area contributed by atoms with E-state index < -0.39 is 0 Å². The van der Waals surface area contributed by atoms with E-state index >= 15 is 0 Å². The van der Waals surface area contributed by atoms with Crippen molar-refractivity contribution in [1.82, 2.24) is 10.2 Å². The van der Waals surface area contributed by atoms with Crippen molar-refractivity contribution in [2.45, 2.75) is 77.5 Å². The number of hydrogen-bond acceptors (Lipinski definition) is 2. The van der Waals surface area contributed by atoms with Crippen molar-refractivity contribution in [3.05, 3.63) is 35.4 Å². The third kappa shape index (κ3) is 4.55. The van der Waals surface area contributed by atoms with E-state index in [0.717, 1.165) is 32.1 Å². The number of rotatable bonds is 6. The molecule has 0 heterocycles. The Morgan fingerprint density at radius 1 is 1.32 bits per heavy atom. The van der Waals surface area contributed by atoms with Gasteiger partial charge in [0.25, 0.3) is 0 Å². The van der Waals surface area contributed by atoms with Crippen LogP contribution in [0.4, 0.5) is 4.79 Å². The summed E-state index contributed by atoms with van der Waals surface area (Å²) in [6, 6.07) is 9.24. The number of amides is 2. The molecule has 1 fully saturated rings. The topological polar surface area (TPSA) is 52.6 Å². The summed E-state index contributed by atoms with van der Waals surface area (Å²) in [4.78, 5) is 15.1. The predicted octanol–water partition coefficient (Wildman–Crippen LogP) is 4.04. The first-order valence-electron chi connectivity index (χ1n) is 9.69. The van der Waals surface area contributed by atoms with Crippen LogP contribution in [0.15, 0.2) is 24.3 Å². The Bertz CT molecular complexity index is 608. The lowest BCUT2D eigenvalue weighted by atomic mass is 9.86. The summed E-state index contributed by atoms with van der Waals surface area (Å²) in [6.07, 6.45) is 5.88. The second-order valence-corrected chi connectivity index (χ2v) is 8.62. The Kier molecular flexibility index (Phi) is 5.38. The molecule has 1 aromatic rings. The second-order valence-electron chi connectivity index (χ2n) is 8.62. The lowest BCUT2D eigenvalue weighted by molar-refractivity contribution is 0.122. The number of nitrogens with one attached hydrogen (secondary N) is 1. The fourth-order valence-electron chi connectivity index (χ4n) is 4.21. The highest BCUT2D eigenvalue weighted by Crippen LogP contribution is 2.40. The quantitative estimate of drug-likeness (QED) is 0.818. The van der Waals surface area contributed by atoms with Gasteiger partial charge < -0.3 is 15.3 Å². The van der Waals surface area contributed by atoms with Crippen molar-refractivity contribution in [3.8, 4) is 0 Å². The van der Waals surface area contributed by atoms with Crippen LogP contribution >= 0.6 is 0 Å². The van der Waals surface area contributed by atoms with Crippen LogP contribution in [-0.2, 0) is 6.42 Å². The van der Waals surface area contributed by atoms with Crippen LogP contribution in [0.1, 0.15) is 70.0 Å². The molecule has 2 N–H and O–H groups in total. The first-order valence-corrected chi connectivity index (χ1v) is 9.69. The molecule has 4 nitrogen and oxygen atoms in total. The SMILES string of the molecule is CC(O)CC(C)(C)CNC(=O)N(C1CC1)C1CCCc2ccccc21. The molecule has 2 amide bonds. The molecule has 138 valence electrons. The van der Waals surface area contributed by atoms with Crippen molar-refractivity contribution >= 4 is 6.03 Å². The zero-order chi connectivity index (χ0) is 18.0. The van der Waals surface area contributed by atoms with E-state index in [1.165, 1.54) is 11.1 Å². The van der Waals surface area contributed by atoms with E-state index in [4.69, 9.17) is 0 Å². The van der Waals surface area contributed by atoms with E-state index in [9.17, 15) is 9.90 Å². The molecule has 2 atom stereocenters. The fraction of sp³-hybridized carbons (Fsp3) is 0.667. The Morgan fingerprint density at radius 3 is 2.72 bits per heavy atom. The van der Waals surface area contributed by atoms with Gasteiger partial charge in [0, 0.05) is 12.6 Å². The Morgan fingerprint density at radius 2 is 2.04 bits per heavy atom. The molecule has 4 heteroatoms. The highest BCUT2D eigenvalue weighted by atomic mass is 16.3. The number of carbonyl (C=O) groups is 1. The maximum absolute atomic E-state index is 13.0. The highest BCUT2D eigenvalue weighted by molar-refractivity contribution is 5.75. The highest BCUT2D eigenvalue weighted by Gasteiger charge is 2.39. The van der Waals surface area contributed by atoms with Crippen LogP contribution < -0.4 is 5.32 Å². The number of hydrogen-bond donors (Lipinski definition) is 2. The molecule has 0 bridgehead atoms. The van der Waals surface area contributed by atoms with Gasteiger partial charge in [-0.2, -0.15) is 0 Å². The largest absolute Gasteiger partial charge is 0.393 e. The van der Waals surface area contributed by atoms with Gasteiger partial charge in [0.05, 0.1) is 12.1 Å². The number of aliphatic hydroxyl groups is 1. The van der Waals surface area contributed by atoms with Gasteiger partial charge in [0.15, 0.2) is 0 Å². The molecule has 2 unspecified atom stereocenters. The average molecular weight is 344 g/mol. The Balaban J connectivity index is 1.71. The molecule has 2 aliphatic rings. The Hall–Kier alpha value is -1.55. The summed E-state index contributed by atoms with van der Waals surface area (Å²) >= 11 is 0. The van der Waals surface area contributed by atoms with E-state index in [1.807, 2.05) is 0 Å². The second kappa shape index (κ2) is 7.36. The monoisotopic (exact) mass is 344 g/mol. The number of urea groups is 1. The van der Waals surface area contributed by atoms with Gasteiger partial charge in [0.2, 0.25) is 0 Å². The first kappa shape index (κ1) is 18.2. The van der Waals surface area contributed by atoms with Gasteiger partial charge in [-0.1, -0.05) is 38.1 Å². The summed E-state index contributed by atoms with van der Waals surface area (Å²) in [5.74, 6) is 0. The smallest absolute Gasteiger partial charge is 0.318 e. The standard InChI is InChI=1S/C21H32N2O2/c1-15(24)13-21(2,3)14-22-20(25)23(17-11-12-17)19-10-6-8-16-7-4-5-9-18(16)19/h4-5,7,9,15,17,19,24H,6,8,10-14H2,1-3H3,(H,22,25). The van der Waals surface area contributed by atoms with E-state index in [2.05, 4.69) is 48.3 Å². The predicted molar refractivity (Wildman–Crippen MR) is 100 cm³/mol. The van der Waals surface area contributed by atoms with Crippen LogP contribution in [0.3, 0.4) is 0 Å². The number of benzene rings is 1. The van der Waals surface area contributed by atoms with E-state index in [-0.39, 0.29) is 23.6 Å². The van der Waals surface area contributed by atoms with Crippen LogP contribution in [0, 0.1) is 5.41 Å². The van der Waals surface area contributed by atoms with Crippen molar-refractivity contribution in [2.75, 3.05) is 6.54 Å². The lowest BCUT2D eigenvalue weighted by Crippen LogP contribution is -2.47. The van der Waals surface area contributed by atoms with Gasteiger partial charge in [-0.25, -0.2) is 4.79 Å². The molecular weight excluding hydrogens is 312 g/mol. The third-order valence-corrected chi connectivity index (χ3v) is 5.41. The molecule has 3 rings (SSSR count). The fourth-order valence-corrected chi connectivity index (χ4v) is 4.21. The van der Waals surface area contributed by atoms with Gasteiger partial charge in [-0.15, -0.1) is 0 Å². The molecule has 25 heavy (non-hydrogen) atoms. The summed E-state index contributed by atoms with van der Waals surface area (Å²) in [6.45, 7) is 6.59. The van der Waals surface area contributed by atoms with Crippen molar-refractivity contribution in [2.24, 2.45) is 5.41 Å². The maximum atomic E-state index is 13.0. The summed E-state index contributed by atoms with van der Waals surface area (Å²) in [5, 5.41) is 12.8. The van der Waals surface area contributed by atoms with Crippen molar-refractivity contribution < 1.29 is 9.90 Å². The Labute approximate surface area is 151 Å². The van der Waals surface area contributed by atoms with Crippen LogP contribution in [0.25, 0.3) is 0 Å². The zero-order valence-electron chi connectivity index (χ0n) is 15.8. The van der Waals surface area contributed by atoms with Crippen molar-refractivity contribution in [1.29, 1.82) is 0 Å². The molecule has 0 spiro atoms. The summed E-state index contributed by atoms with van der Waals surface area (Å²) < 4.78 is 0. The summed E-state index contributed by atoms with van der Waals surface area (Å²) in [7, 11) is 0.